The molecule has 2 amide bonds. The Balaban J connectivity index is 1.70. The SMILES string of the molecule is Cc1ccc(-c2ccc(/C=C3/C(=O)NC(=S)N(c4ccc(Br)cc4C)C3=O)o2)c(Br)c1. The number of benzene rings is 2. The molecule has 1 saturated heterocycles. The zero-order valence-corrected chi connectivity index (χ0v) is 20.5. The molecule has 0 spiro atoms. The molecule has 2 heterocycles. The van der Waals surface area contributed by atoms with Crippen LogP contribution < -0.4 is 10.2 Å². The van der Waals surface area contributed by atoms with Gasteiger partial charge in [-0.15, -0.1) is 0 Å². The molecule has 3 aromatic rings. The summed E-state index contributed by atoms with van der Waals surface area (Å²) in [6, 6.07) is 14.9. The second-order valence-electron chi connectivity index (χ2n) is 7.07. The largest absolute Gasteiger partial charge is 0.457 e. The molecule has 0 bridgehead atoms. The van der Waals surface area contributed by atoms with Crippen LogP contribution in [0.1, 0.15) is 16.9 Å². The van der Waals surface area contributed by atoms with Gasteiger partial charge in [0.1, 0.15) is 17.1 Å². The van der Waals surface area contributed by atoms with Gasteiger partial charge in [0.05, 0.1) is 5.69 Å². The summed E-state index contributed by atoms with van der Waals surface area (Å²) in [4.78, 5) is 27.1. The maximum Gasteiger partial charge on any atom is 0.270 e. The molecular weight excluding hydrogens is 544 g/mol. The quantitative estimate of drug-likeness (QED) is 0.246. The Labute approximate surface area is 201 Å². The van der Waals surface area contributed by atoms with Crippen LogP contribution in [0.15, 0.2) is 67.5 Å². The minimum atomic E-state index is -0.560. The van der Waals surface area contributed by atoms with Crippen molar-refractivity contribution >= 4 is 72.8 Å². The Bertz CT molecular complexity index is 1280. The number of hydrogen-bond donors (Lipinski definition) is 1. The third-order valence-corrected chi connectivity index (χ3v) is 6.24. The highest BCUT2D eigenvalue weighted by atomic mass is 79.9. The van der Waals surface area contributed by atoms with E-state index in [1.807, 2.05) is 44.2 Å². The lowest BCUT2D eigenvalue weighted by Crippen LogP contribution is -2.54. The molecule has 0 unspecified atom stereocenters. The molecule has 5 nitrogen and oxygen atoms in total. The zero-order valence-electron chi connectivity index (χ0n) is 16.5. The number of anilines is 1. The molecule has 31 heavy (non-hydrogen) atoms. The van der Waals surface area contributed by atoms with E-state index in [0.29, 0.717) is 17.2 Å². The molecule has 0 radical (unpaired) electrons. The van der Waals surface area contributed by atoms with Crippen LogP contribution in [-0.4, -0.2) is 16.9 Å². The second kappa shape index (κ2) is 8.53. The summed E-state index contributed by atoms with van der Waals surface area (Å²) < 4.78 is 7.68. The molecule has 0 saturated carbocycles. The van der Waals surface area contributed by atoms with E-state index < -0.39 is 11.8 Å². The minimum absolute atomic E-state index is 0.0429. The first-order valence-electron chi connectivity index (χ1n) is 9.28. The zero-order chi connectivity index (χ0) is 22.3. The number of hydrogen-bond acceptors (Lipinski definition) is 4. The Morgan fingerprint density at radius 3 is 2.52 bits per heavy atom. The van der Waals surface area contributed by atoms with Crippen LogP contribution in [0, 0.1) is 13.8 Å². The average Bonchev–Trinajstić information content (AvgIpc) is 3.15. The number of amides is 2. The van der Waals surface area contributed by atoms with Gasteiger partial charge in [-0.3, -0.25) is 19.8 Å². The van der Waals surface area contributed by atoms with Crippen molar-refractivity contribution in [1.29, 1.82) is 0 Å². The molecule has 2 aromatic carbocycles. The normalized spacial score (nSPS) is 15.5. The summed E-state index contributed by atoms with van der Waals surface area (Å²) in [6.45, 7) is 3.87. The van der Waals surface area contributed by atoms with Crippen LogP contribution in [-0.2, 0) is 9.59 Å². The predicted octanol–water partition coefficient (Wildman–Crippen LogP) is 5.92. The fourth-order valence-corrected chi connectivity index (χ4v) is 4.72. The first-order valence-corrected chi connectivity index (χ1v) is 11.3. The van der Waals surface area contributed by atoms with E-state index in [-0.39, 0.29) is 10.7 Å². The van der Waals surface area contributed by atoms with E-state index in [9.17, 15) is 9.59 Å². The van der Waals surface area contributed by atoms with E-state index in [2.05, 4.69) is 37.2 Å². The monoisotopic (exact) mass is 558 g/mol. The van der Waals surface area contributed by atoms with Crippen molar-refractivity contribution in [1.82, 2.24) is 5.32 Å². The molecule has 1 aliphatic heterocycles. The lowest BCUT2D eigenvalue weighted by Gasteiger charge is -2.29. The molecule has 8 heteroatoms. The summed E-state index contributed by atoms with van der Waals surface area (Å²) in [6.07, 6.45) is 1.44. The van der Waals surface area contributed by atoms with Crippen LogP contribution in [0.3, 0.4) is 0 Å². The van der Waals surface area contributed by atoms with Crippen molar-refractivity contribution in [3.63, 3.8) is 0 Å². The number of nitrogens with zero attached hydrogens (tertiary/aromatic N) is 1. The van der Waals surface area contributed by atoms with Crippen molar-refractivity contribution in [3.8, 4) is 11.3 Å². The number of furan rings is 1. The average molecular weight is 560 g/mol. The number of carbonyl (C=O) groups is 2. The van der Waals surface area contributed by atoms with Gasteiger partial charge in [0.25, 0.3) is 11.8 Å². The van der Waals surface area contributed by atoms with Crippen molar-refractivity contribution in [2.75, 3.05) is 4.90 Å². The van der Waals surface area contributed by atoms with Gasteiger partial charge >= 0.3 is 0 Å². The van der Waals surface area contributed by atoms with E-state index in [0.717, 1.165) is 25.6 Å². The maximum atomic E-state index is 13.2. The van der Waals surface area contributed by atoms with Gasteiger partial charge in [0.15, 0.2) is 5.11 Å². The van der Waals surface area contributed by atoms with Crippen LogP contribution >= 0.6 is 44.1 Å². The first kappa shape index (κ1) is 21.7. The third-order valence-electron chi connectivity index (χ3n) is 4.80. The summed E-state index contributed by atoms with van der Waals surface area (Å²) in [5.41, 5.74) is 3.38. The number of halogens is 2. The maximum absolute atomic E-state index is 13.2. The van der Waals surface area contributed by atoms with Gasteiger partial charge in [-0.05, 0) is 85.7 Å². The van der Waals surface area contributed by atoms with Gasteiger partial charge in [-0.1, -0.05) is 37.9 Å². The van der Waals surface area contributed by atoms with Crippen LogP contribution in [0.4, 0.5) is 5.69 Å². The number of nitrogens with one attached hydrogen (secondary N) is 1. The Hall–Kier alpha value is -2.55. The number of carbonyl (C=O) groups excluding carboxylic acids is 2. The van der Waals surface area contributed by atoms with E-state index in [1.165, 1.54) is 11.0 Å². The molecular formula is C23H16Br2N2O3S. The topological polar surface area (TPSA) is 62.6 Å². The lowest BCUT2D eigenvalue weighted by molar-refractivity contribution is -0.122. The minimum Gasteiger partial charge on any atom is -0.457 e. The highest BCUT2D eigenvalue weighted by Crippen LogP contribution is 2.32. The Morgan fingerprint density at radius 1 is 1.03 bits per heavy atom. The molecule has 1 aromatic heterocycles. The Morgan fingerprint density at radius 2 is 1.81 bits per heavy atom. The molecule has 0 atom stereocenters. The van der Waals surface area contributed by atoms with Crippen LogP contribution in [0.5, 0.6) is 0 Å². The summed E-state index contributed by atoms with van der Waals surface area (Å²) in [5, 5.41) is 2.64. The van der Waals surface area contributed by atoms with Gasteiger partial charge in [-0.25, -0.2) is 0 Å². The van der Waals surface area contributed by atoms with Crippen molar-refractivity contribution in [3.05, 3.63) is 79.9 Å². The molecule has 0 aliphatic carbocycles. The predicted molar refractivity (Wildman–Crippen MR) is 132 cm³/mol. The van der Waals surface area contributed by atoms with Gasteiger partial charge in [0.2, 0.25) is 0 Å². The van der Waals surface area contributed by atoms with Gasteiger partial charge in [-0.2, -0.15) is 0 Å². The molecule has 156 valence electrons. The highest BCUT2D eigenvalue weighted by molar-refractivity contribution is 9.10. The summed E-state index contributed by atoms with van der Waals surface area (Å²) >= 11 is 12.2. The molecule has 1 fully saturated rings. The Kier molecular flexibility index (Phi) is 5.96. The van der Waals surface area contributed by atoms with Crippen molar-refractivity contribution in [2.24, 2.45) is 0 Å². The fraction of sp³-hybridized carbons (Fsp3) is 0.0870. The van der Waals surface area contributed by atoms with Crippen molar-refractivity contribution in [2.45, 2.75) is 13.8 Å². The van der Waals surface area contributed by atoms with E-state index in [4.69, 9.17) is 16.6 Å². The standard InChI is InChI=1S/C23H16Br2N2O3S/c1-12-3-6-16(18(25)9-12)20-8-5-15(30-20)11-17-21(28)26-23(31)27(22(17)29)19-7-4-14(24)10-13(19)2/h3-11H,1-2H3,(H,26,28,31)/b17-11-. The first-order chi connectivity index (χ1) is 14.7. The van der Waals surface area contributed by atoms with Crippen LogP contribution in [0.2, 0.25) is 0 Å². The molecule has 1 N–H and O–H groups in total. The molecule has 1 aliphatic rings. The van der Waals surface area contributed by atoms with Crippen LogP contribution in [0.25, 0.3) is 17.4 Å². The highest BCUT2D eigenvalue weighted by Gasteiger charge is 2.35. The number of rotatable bonds is 3. The second-order valence-corrected chi connectivity index (χ2v) is 9.23. The van der Waals surface area contributed by atoms with Gasteiger partial charge < -0.3 is 4.42 Å². The van der Waals surface area contributed by atoms with Crippen molar-refractivity contribution < 1.29 is 14.0 Å². The van der Waals surface area contributed by atoms with E-state index >= 15 is 0 Å². The lowest BCUT2D eigenvalue weighted by atomic mass is 10.1. The third kappa shape index (κ3) is 4.28. The molecule has 4 rings (SSSR count). The number of aryl methyl sites for hydroxylation is 2. The fourth-order valence-electron chi connectivity index (χ4n) is 3.28. The number of thiocarbonyl (C=S) groups is 1. The summed E-state index contributed by atoms with van der Waals surface area (Å²) in [5.74, 6) is -0.0519. The smallest absolute Gasteiger partial charge is 0.270 e. The summed E-state index contributed by atoms with van der Waals surface area (Å²) in [7, 11) is 0. The van der Waals surface area contributed by atoms with Gasteiger partial charge in [0, 0.05) is 14.5 Å². The van der Waals surface area contributed by atoms with E-state index in [1.54, 1.807) is 18.2 Å².